The Labute approximate surface area is 135 Å². The highest BCUT2D eigenvalue weighted by molar-refractivity contribution is 7.99. The minimum Gasteiger partial charge on any atom is -0.376 e. The summed E-state index contributed by atoms with van der Waals surface area (Å²) in [5.74, 6) is 1.15. The molecule has 3 rings (SSSR count). The maximum Gasteiger partial charge on any atom is 0.232 e. The molecular formula is C16H22N2O3S. The Morgan fingerprint density at radius 1 is 1.50 bits per heavy atom. The standard InChI is InChI=1S/C16H22N2O3S/c1-22-10-15(19)18-11-16(12-18)14(4-7-21-16)9-20-8-13-2-5-17-6-3-13/h2-3,5-6,14H,4,7-12H2,1H3. The van der Waals surface area contributed by atoms with Crippen molar-refractivity contribution in [2.24, 2.45) is 5.92 Å². The number of thioether (sulfide) groups is 1. The minimum absolute atomic E-state index is 0.160. The van der Waals surface area contributed by atoms with E-state index in [1.54, 1.807) is 24.2 Å². The summed E-state index contributed by atoms with van der Waals surface area (Å²) in [6.45, 7) is 3.50. The average Bonchev–Trinajstić information content (AvgIpc) is 2.91. The molecule has 0 bridgehead atoms. The fourth-order valence-electron chi connectivity index (χ4n) is 3.16. The molecule has 6 heteroatoms. The van der Waals surface area contributed by atoms with Crippen molar-refractivity contribution in [3.63, 3.8) is 0 Å². The molecule has 0 N–H and O–H groups in total. The van der Waals surface area contributed by atoms with Gasteiger partial charge in [-0.25, -0.2) is 0 Å². The fourth-order valence-corrected chi connectivity index (χ4v) is 3.59. The van der Waals surface area contributed by atoms with Crippen LogP contribution in [0.5, 0.6) is 0 Å². The number of nitrogens with zero attached hydrogens (tertiary/aromatic N) is 2. The van der Waals surface area contributed by atoms with Crippen molar-refractivity contribution < 1.29 is 14.3 Å². The van der Waals surface area contributed by atoms with E-state index in [4.69, 9.17) is 9.47 Å². The SMILES string of the molecule is CSCC(=O)N1CC2(C1)OCCC2COCc1ccncc1. The molecule has 120 valence electrons. The summed E-state index contributed by atoms with van der Waals surface area (Å²) < 4.78 is 11.8. The second-order valence-electron chi connectivity index (χ2n) is 5.95. The molecule has 2 aliphatic heterocycles. The third-order valence-corrected chi connectivity index (χ3v) is 5.01. The Kier molecular flexibility index (Phi) is 5.00. The third-order valence-electron chi connectivity index (χ3n) is 4.47. The first kappa shape index (κ1) is 15.8. The average molecular weight is 322 g/mol. The minimum atomic E-state index is -0.160. The summed E-state index contributed by atoms with van der Waals surface area (Å²) in [5, 5.41) is 0. The molecule has 2 aliphatic rings. The first-order valence-electron chi connectivity index (χ1n) is 7.61. The molecule has 1 aromatic heterocycles. The van der Waals surface area contributed by atoms with Crippen LogP contribution in [0.4, 0.5) is 0 Å². The predicted molar refractivity (Wildman–Crippen MR) is 85.6 cm³/mol. The summed E-state index contributed by atoms with van der Waals surface area (Å²) >= 11 is 1.57. The largest absolute Gasteiger partial charge is 0.376 e. The van der Waals surface area contributed by atoms with Crippen LogP contribution in [0, 0.1) is 5.92 Å². The molecule has 5 nitrogen and oxygen atoms in total. The molecule has 2 saturated heterocycles. The van der Waals surface area contributed by atoms with Crippen LogP contribution < -0.4 is 0 Å². The van der Waals surface area contributed by atoms with Crippen LogP contribution in [0.25, 0.3) is 0 Å². The van der Waals surface area contributed by atoms with E-state index in [0.717, 1.165) is 31.7 Å². The van der Waals surface area contributed by atoms with Crippen molar-refractivity contribution in [1.82, 2.24) is 9.88 Å². The van der Waals surface area contributed by atoms with Gasteiger partial charge in [-0.1, -0.05) is 0 Å². The summed E-state index contributed by atoms with van der Waals surface area (Å²) in [7, 11) is 0. The Hall–Kier alpha value is -1.11. The predicted octanol–water partition coefficient (Wildman–Crippen LogP) is 1.58. The van der Waals surface area contributed by atoms with E-state index in [1.165, 1.54) is 0 Å². The van der Waals surface area contributed by atoms with Crippen LogP contribution in [0.3, 0.4) is 0 Å². The molecule has 1 spiro atoms. The zero-order valence-corrected chi connectivity index (χ0v) is 13.7. The summed E-state index contributed by atoms with van der Waals surface area (Å²) in [6, 6.07) is 3.93. The molecule has 1 atom stereocenters. The molecule has 22 heavy (non-hydrogen) atoms. The van der Waals surface area contributed by atoms with Crippen LogP contribution in [0.2, 0.25) is 0 Å². The van der Waals surface area contributed by atoms with E-state index in [2.05, 4.69) is 4.98 Å². The second-order valence-corrected chi connectivity index (χ2v) is 6.82. The maximum atomic E-state index is 11.9. The van der Waals surface area contributed by atoms with E-state index in [0.29, 0.717) is 24.9 Å². The molecule has 0 saturated carbocycles. The van der Waals surface area contributed by atoms with Gasteiger partial charge in [-0.2, -0.15) is 11.8 Å². The van der Waals surface area contributed by atoms with Crippen LogP contribution in [-0.4, -0.2) is 59.7 Å². The number of hydrogen-bond donors (Lipinski definition) is 0. The van der Waals surface area contributed by atoms with E-state index in [-0.39, 0.29) is 11.5 Å². The van der Waals surface area contributed by atoms with Crippen LogP contribution >= 0.6 is 11.8 Å². The molecule has 1 aromatic rings. The van der Waals surface area contributed by atoms with Gasteiger partial charge in [0.1, 0.15) is 5.60 Å². The van der Waals surface area contributed by atoms with E-state index in [9.17, 15) is 4.79 Å². The van der Waals surface area contributed by atoms with Crippen LogP contribution in [-0.2, 0) is 20.9 Å². The lowest BCUT2D eigenvalue weighted by atomic mass is 9.81. The van der Waals surface area contributed by atoms with Gasteiger partial charge in [0.05, 0.1) is 32.1 Å². The molecule has 0 aliphatic carbocycles. The first-order chi connectivity index (χ1) is 10.7. The van der Waals surface area contributed by atoms with Gasteiger partial charge in [-0.3, -0.25) is 9.78 Å². The lowest BCUT2D eigenvalue weighted by molar-refractivity contribution is -0.166. The van der Waals surface area contributed by atoms with E-state index < -0.39 is 0 Å². The highest BCUT2D eigenvalue weighted by atomic mass is 32.2. The van der Waals surface area contributed by atoms with Crippen molar-refractivity contribution in [3.05, 3.63) is 30.1 Å². The number of rotatable bonds is 6. The van der Waals surface area contributed by atoms with Crippen molar-refractivity contribution in [2.75, 3.05) is 38.3 Å². The number of likely N-dealkylation sites (tertiary alicyclic amines) is 1. The number of ether oxygens (including phenoxy) is 2. The van der Waals surface area contributed by atoms with Crippen molar-refractivity contribution in [2.45, 2.75) is 18.6 Å². The lowest BCUT2D eigenvalue weighted by Crippen LogP contribution is -2.67. The normalized spacial score (nSPS) is 22.8. The van der Waals surface area contributed by atoms with Crippen molar-refractivity contribution in [3.8, 4) is 0 Å². The first-order valence-corrected chi connectivity index (χ1v) is 9.00. The number of carbonyl (C=O) groups is 1. The highest BCUT2D eigenvalue weighted by Gasteiger charge is 2.54. The van der Waals surface area contributed by atoms with Gasteiger partial charge >= 0.3 is 0 Å². The summed E-state index contributed by atoms with van der Waals surface area (Å²) in [5.41, 5.74) is 0.972. The molecule has 0 aromatic carbocycles. The Bertz CT molecular complexity index is 505. The molecular weight excluding hydrogens is 300 g/mol. The zero-order valence-electron chi connectivity index (χ0n) is 12.9. The smallest absolute Gasteiger partial charge is 0.232 e. The Morgan fingerprint density at radius 2 is 2.27 bits per heavy atom. The Morgan fingerprint density at radius 3 is 3.00 bits per heavy atom. The number of hydrogen-bond acceptors (Lipinski definition) is 5. The topological polar surface area (TPSA) is 51.7 Å². The van der Waals surface area contributed by atoms with Gasteiger partial charge in [0.2, 0.25) is 5.91 Å². The number of aromatic nitrogens is 1. The zero-order chi connectivity index (χ0) is 15.4. The van der Waals surface area contributed by atoms with E-state index in [1.807, 2.05) is 23.3 Å². The van der Waals surface area contributed by atoms with Gasteiger partial charge in [-0.15, -0.1) is 0 Å². The fraction of sp³-hybridized carbons (Fsp3) is 0.625. The molecule has 1 unspecified atom stereocenters. The van der Waals surface area contributed by atoms with Gasteiger partial charge in [0.25, 0.3) is 0 Å². The maximum absolute atomic E-state index is 11.9. The molecule has 2 fully saturated rings. The van der Waals surface area contributed by atoms with E-state index >= 15 is 0 Å². The van der Waals surface area contributed by atoms with Gasteiger partial charge in [0, 0.05) is 24.9 Å². The number of amides is 1. The van der Waals surface area contributed by atoms with Gasteiger partial charge in [0.15, 0.2) is 0 Å². The second kappa shape index (κ2) is 6.98. The molecule has 1 amide bonds. The lowest BCUT2D eigenvalue weighted by Gasteiger charge is -2.50. The summed E-state index contributed by atoms with van der Waals surface area (Å²) in [4.78, 5) is 17.8. The summed E-state index contributed by atoms with van der Waals surface area (Å²) in [6.07, 6.45) is 6.52. The quantitative estimate of drug-likeness (QED) is 0.796. The van der Waals surface area contributed by atoms with Crippen molar-refractivity contribution >= 4 is 17.7 Å². The van der Waals surface area contributed by atoms with Gasteiger partial charge in [-0.05, 0) is 30.4 Å². The molecule has 0 radical (unpaired) electrons. The molecule has 3 heterocycles. The highest BCUT2D eigenvalue weighted by Crippen LogP contribution is 2.40. The van der Waals surface area contributed by atoms with Crippen LogP contribution in [0.15, 0.2) is 24.5 Å². The van der Waals surface area contributed by atoms with Crippen LogP contribution in [0.1, 0.15) is 12.0 Å². The Balaban J connectivity index is 1.47. The third kappa shape index (κ3) is 3.29. The van der Waals surface area contributed by atoms with Gasteiger partial charge < -0.3 is 14.4 Å². The number of pyridine rings is 1. The monoisotopic (exact) mass is 322 g/mol. The number of carbonyl (C=O) groups excluding carboxylic acids is 1. The van der Waals surface area contributed by atoms with Crippen molar-refractivity contribution in [1.29, 1.82) is 0 Å².